The molecule has 0 bridgehead atoms. The molecule has 1 aliphatic heterocycles. The van der Waals surface area contributed by atoms with Crippen molar-refractivity contribution in [2.75, 3.05) is 12.3 Å². The smallest absolute Gasteiger partial charge is 0.258 e. The van der Waals surface area contributed by atoms with Crippen LogP contribution in [0.4, 0.5) is 0 Å². The van der Waals surface area contributed by atoms with E-state index in [0.29, 0.717) is 42.6 Å². The maximum Gasteiger partial charge on any atom is 0.258 e. The van der Waals surface area contributed by atoms with Crippen LogP contribution in [0.1, 0.15) is 37.9 Å². The van der Waals surface area contributed by atoms with Crippen LogP contribution in [-0.4, -0.2) is 29.6 Å². The van der Waals surface area contributed by atoms with Crippen molar-refractivity contribution in [1.82, 2.24) is 8.87 Å². The van der Waals surface area contributed by atoms with Gasteiger partial charge in [-0.3, -0.25) is 4.79 Å². The molecule has 2 aliphatic rings. The highest BCUT2D eigenvalue weighted by molar-refractivity contribution is 7.89. The fraction of sp³-hybridized carbons (Fsp3) is 0.500. The Hall–Kier alpha value is -1.63. The number of hydrogen-bond donors (Lipinski definition) is 0. The van der Waals surface area contributed by atoms with Gasteiger partial charge in [-0.1, -0.05) is 37.6 Å². The predicted molar refractivity (Wildman–Crippen MR) is 117 cm³/mol. The third kappa shape index (κ3) is 4.44. The molecule has 7 heteroatoms. The minimum atomic E-state index is -3.32. The summed E-state index contributed by atoms with van der Waals surface area (Å²) in [5, 5.41) is 0.578. The standard InChI is InChI=1S/C22H27ClN2O3S/c1-15(2)14-29(27,28)24-9-8-21-18(13-24)11-20(17-4-3-5-19(23)10-17)22(26)25(21)12-16-6-7-16/h3-5,10-11,15-16H,6-9,12-14H2,1-2H3. The topological polar surface area (TPSA) is 59.4 Å². The molecule has 1 fully saturated rings. The Morgan fingerprint density at radius 1 is 1.21 bits per heavy atom. The van der Waals surface area contributed by atoms with Crippen LogP contribution in [0.3, 0.4) is 0 Å². The van der Waals surface area contributed by atoms with Crippen molar-refractivity contribution in [2.24, 2.45) is 11.8 Å². The number of rotatable bonds is 6. The molecule has 29 heavy (non-hydrogen) atoms. The second kappa shape index (κ2) is 7.89. The monoisotopic (exact) mass is 434 g/mol. The number of sulfonamides is 1. The highest BCUT2D eigenvalue weighted by atomic mass is 35.5. The third-order valence-electron chi connectivity index (χ3n) is 5.65. The number of hydrogen-bond acceptors (Lipinski definition) is 3. The molecule has 1 aromatic carbocycles. The van der Waals surface area contributed by atoms with Gasteiger partial charge in [-0.25, -0.2) is 8.42 Å². The van der Waals surface area contributed by atoms with Crippen molar-refractivity contribution >= 4 is 21.6 Å². The molecule has 2 heterocycles. The molecule has 0 spiro atoms. The van der Waals surface area contributed by atoms with E-state index in [0.717, 1.165) is 29.7 Å². The largest absolute Gasteiger partial charge is 0.311 e. The number of halogens is 1. The summed E-state index contributed by atoms with van der Waals surface area (Å²) < 4.78 is 29.0. The first-order valence-corrected chi connectivity index (χ1v) is 12.2. The van der Waals surface area contributed by atoms with Crippen molar-refractivity contribution in [3.63, 3.8) is 0 Å². The Morgan fingerprint density at radius 3 is 2.62 bits per heavy atom. The first kappa shape index (κ1) is 20.6. The SMILES string of the molecule is CC(C)CS(=O)(=O)N1CCc2c(cc(-c3cccc(Cl)c3)c(=O)n2CC2CC2)C1. The van der Waals surface area contributed by atoms with Crippen LogP contribution < -0.4 is 5.56 Å². The molecular weight excluding hydrogens is 408 g/mol. The lowest BCUT2D eigenvalue weighted by molar-refractivity contribution is 0.375. The summed E-state index contributed by atoms with van der Waals surface area (Å²) in [7, 11) is -3.32. The molecule has 0 unspecified atom stereocenters. The van der Waals surface area contributed by atoms with Crippen molar-refractivity contribution in [1.29, 1.82) is 0 Å². The minimum Gasteiger partial charge on any atom is -0.311 e. The van der Waals surface area contributed by atoms with Crippen LogP contribution in [0, 0.1) is 11.8 Å². The molecule has 0 N–H and O–H groups in total. The van der Waals surface area contributed by atoms with E-state index in [1.807, 2.05) is 36.6 Å². The molecule has 4 rings (SSSR count). The summed E-state index contributed by atoms with van der Waals surface area (Å²) in [4.78, 5) is 13.3. The molecular formula is C22H27ClN2O3S. The first-order chi connectivity index (χ1) is 13.7. The van der Waals surface area contributed by atoms with Crippen LogP contribution in [-0.2, 0) is 29.5 Å². The van der Waals surface area contributed by atoms with Crippen LogP contribution in [0.2, 0.25) is 5.02 Å². The molecule has 156 valence electrons. The minimum absolute atomic E-state index is 0.00333. The zero-order valence-corrected chi connectivity index (χ0v) is 18.5. The van der Waals surface area contributed by atoms with E-state index < -0.39 is 10.0 Å². The average Bonchev–Trinajstić information content (AvgIpc) is 3.46. The molecule has 5 nitrogen and oxygen atoms in total. The van der Waals surface area contributed by atoms with Crippen LogP contribution >= 0.6 is 11.6 Å². The third-order valence-corrected chi connectivity index (χ3v) is 8.07. The molecule has 1 saturated carbocycles. The van der Waals surface area contributed by atoms with Gasteiger partial charge in [0.1, 0.15) is 0 Å². The van der Waals surface area contributed by atoms with Crippen molar-refractivity contribution < 1.29 is 8.42 Å². The van der Waals surface area contributed by atoms with Crippen molar-refractivity contribution in [3.8, 4) is 11.1 Å². The fourth-order valence-corrected chi connectivity index (χ4v) is 6.02. The highest BCUT2D eigenvalue weighted by Crippen LogP contribution is 2.33. The second-order valence-corrected chi connectivity index (χ2v) is 11.1. The summed E-state index contributed by atoms with van der Waals surface area (Å²) in [5.74, 6) is 0.770. The van der Waals surface area contributed by atoms with Gasteiger partial charge < -0.3 is 4.57 Å². The van der Waals surface area contributed by atoms with Crippen molar-refractivity contribution in [3.05, 3.63) is 57.0 Å². The number of aromatic nitrogens is 1. The maximum absolute atomic E-state index is 13.3. The Kier molecular flexibility index (Phi) is 5.62. The number of nitrogens with zero attached hydrogens (tertiary/aromatic N) is 2. The van der Waals surface area contributed by atoms with Gasteiger partial charge in [0, 0.05) is 42.3 Å². The molecule has 0 radical (unpaired) electrons. The van der Waals surface area contributed by atoms with E-state index in [2.05, 4.69) is 0 Å². The quantitative estimate of drug-likeness (QED) is 0.692. The van der Waals surface area contributed by atoms with Gasteiger partial charge in [-0.05, 0) is 54.0 Å². The lowest BCUT2D eigenvalue weighted by atomic mass is 10.00. The van der Waals surface area contributed by atoms with Crippen LogP contribution in [0.15, 0.2) is 35.1 Å². The summed E-state index contributed by atoms with van der Waals surface area (Å²) >= 11 is 6.16. The van der Waals surface area contributed by atoms with Gasteiger partial charge in [-0.2, -0.15) is 4.31 Å². The zero-order chi connectivity index (χ0) is 20.8. The Balaban J connectivity index is 1.79. The summed E-state index contributed by atoms with van der Waals surface area (Å²) in [6, 6.07) is 9.17. The molecule has 1 aliphatic carbocycles. The van der Waals surface area contributed by atoms with Gasteiger partial charge in [-0.15, -0.1) is 0 Å². The van der Waals surface area contributed by atoms with Crippen LogP contribution in [0.25, 0.3) is 11.1 Å². The Labute approximate surface area is 177 Å². The predicted octanol–water partition coefficient (Wildman–Crippen LogP) is 3.92. The Bertz CT molecular complexity index is 1090. The summed E-state index contributed by atoms with van der Waals surface area (Å²) in [6.07, 6.45) is 2.87. The maximum atomic E-state index is 13.3. The van der Waals surface area contributed by atoms with Crippen molar-refractivity contribution in [2.45, 2.75) is 46.2 Å². The van der Waals surface area contributed by atoms with E-state index in [9.17, 15) is 13.2 Å². The van der Waals surface area contributed by atoms with E-state index >= 15 is 0 Å². The molecule has 2 aromatic rings. The normalized spacial score (nSPS) is 17.5. The number of benzene rings is 1. The van der Waals surface area contributed by atoms with E-state index in [-0.39, 0.29) is 17.2 Å². The second-order valence-electron chi connectivity index (χ2n) is 8.66. The van der Waals surface area contributed by atoms with Gasteiger partial charge in [0.25, 0.3) is 5.56 Å². The number of pyridine rings is 1. The van der Waals surface area contributed by atoms with E-state index in [1.54, 1.807) is 16.4 Å². The molecule has 0 amide bonds. The lowest BCUT2D eigenvalue weighted by Gasteiger charge is -2.31. The summed E-state index contributed by atoms with van der Waals surface area (Å²) in [6.45, 7) is 5.31. The fourth-order valence-electron chi connectivity index (χ4n) is 4.07. The average molecular weight is 435 g/mol. The summed E-state index contributed by atoms with van der Waals surface area (Å²) in [5.41, 5.74) is 3.28. The van der Waals surface area contributed by atoms with Gasteiger partial charge in [0.05, 0.1) is 5.75 Å². The Morgan fingerprint density at radius 2 is 1.97 bits per heavy atom. The molecule has 0 atom stereocenters. The lowest BCUT2D eigenvalue weighted by Crippen LogP contribution is -2.41. The van der Waals surface area contributed by atoms with Gasteiger partial charge >= 0.3 is 0 Å². The zero-order valence-electron chi connectivity index (χ0n) is 16.9. The van der Waals surface area contributed by atoms with E-state index in [1.165, 1.54) is 0 Å². The highest BCUT2D eigenvalue weighted by Gasteiger charge is 2.31. The van der Waals surface area contributed by atoms with Gasteiger partial charge in [0.2, 0.25) is 10.0 Å². The van der Waals surface area contributed by atoms with E-state index in [4.69, 9.17) is 11.6 Å². The molecule has 0 saturated heterocycles. The molecule has 1 aromatic heterocycles. The first-order valence-electron chi connectivity index (χ1n) is 10.2. The van der Waals surface area contributed by atoms with Crippen LogP contribution in [0.5, 0.6) is 0 Å². The number of fused-ring (bicyclic) bond motifs is 1. The van der Waals surface area contributed by atoms with Gasteiger partial charge in [0.15, 0.2) is 0 Å².